The summed E-state index contributed by atoms with van der Waals surface area (Å²) in [6.07, 6.45) is 5.99. The molecule has 2 rings (SSSR count). The van der Waals surface area contributed by atoms with E-state index in [4.69, 9.17) is 17.3 Å². The minimum absolute atomic E-state index is 0.0170. The molecule has 0 aliphatic carbocycles. The molecular weight excluding hydrogens is 272 g/mol. The molecule has 2 heterocycles. The zero-order valence-corrected chi connectivity index (χ0v) is 12.8. The fraction of sp³-hybridized carbons (Fsp3) is 0.467. The number of halogens is 1. The van der Waals surface area contributed by atoms with Crippen molar-refractivity contribution >= 4 is 11.6 Å². The minimum Gasteiger partial charge on any atom is -0.327 e. The Labute approximate surface area is 125 Å². The molecule has 0 spiro atoms. The van der Waals surface area contributed by atoms with E-state index in [9.17, 15) is 0 Å². The second-order valence-electron chi connectivity index (χ2n) is 4.91. The first-order chi connectivity index (χ1) is 9.65. The maximum atomic E-state index is 6.40. The molecule has 2 aromatic rings. The molecule has 0 bridgehead atoms. The lowest BCUT2D eigenvalue weighted by molar-refractivity contribution is 0.572. The first-order valence-corrected chi connectivity index (χ1v) is 7.42. The van der Waals surface area contributed by atoms with Crippen molar-refractivity contribution in [1.29, 1.82) is 0 Å². The zero-order valence-electron chi connectivity index (χ0n) is 12.0. The van der Waals surface area contributed by atoms with E-state index in [0.29, 0.717) is 0 Å². The number of nitrogens with two attached hydrogens (primary N) is 1. The molecule has 0 amide bonds. The van der Waals surface area contributed by atoms with Crippen molar-refractivity contribution in [3.63, 3.8) is 0 Å². The van der Waals surface area contributed by atoms with Gasteiger partial charge in [0.2, 0.25) is 0 Å². The summed E-state index contributed by atoms with van der Waals surface area (Å²) >= 11 is 6.40. The predicted molar refractivity (Wildman–Crippen MR) is 81.9 cm³/mol. The van der Waals surface area contributed by atoms with Gasteiger partial charge in [-0.1, -0.05) is 24.6 Å². The van der Waals surface area contributed by atoms with Gasteiger partial charge in [0.25, 0.3) is 0 Å². The second kappa shape index (κ2) is 6.86. The minimum atomic E-state index is 0.0170. The summed E-state index contributed by atoms with van der Waals surface area (Å²) in [7, 11) is 0. The third-order valence-corrected chi connectivity index (χ3v) is 3.81. The Balaban J connectivity index is 2.11. The molecule has 2 aromatic heterocycles. The lowest BCUT2D eigenvalue weighted by Crippen LogP contribution is -2.27. The predicted octanol–water partition coefficient (Wildman–Crippen LogP) is 2.63. The number of hydrogen-bond donors (Lipinski definition) is 1. The van der Waals surface area contributed by atoms with E-state index in [0.717, 1.165) is 47.8 Å². The Hall–Kier alpha value is -1.39. The highest BCUT2D eigenvalue weighted by Crippen LogP contribution is 2.23. The van der Waals surface area contributed by atoms with Gasteiger partial charge in [-0.05, 0) is 31.4 Å². The highest BCUT2D eigenvalue weighted by Gasteiger charge is 2.17. The van der Waals surface area contributed by atoms with Gasteiger partial charge in [0, 0.05) is 31.4 Å². The second-order valence-corrected chi connectivity index (χ2v) is 5.28. The smallest absolute Gasteiger partial charge is 0.0850 e. The van der Waals surface area contributed by atoms with Gasteiger partial charge in [0.1, 0.15) is 0 Å². The number of aromatic nitrogens is 3. The quantitative estimate of drug-likeness (QED) is 0.890. The Morgan fingerprint density at radius 2 is 2.15 bits per heavy atom. The van der Waals surface area contributed by atoms with E-state index in [1.807, 2.05) is 23.0 Å². The van der Waals surface area contributed by atoms with E-state index in [-0.39, 0.29) is 6.04 Å². The Bertz CT molecular complexity index is 551. The molecule has 4 nitrogen and oxygen atoms in total. The SMILES string of the molecule is CCc1nn(CC)c(CC(N)Cc2cccnc2)c1Cl. The van der Waals surface area contributed by atoms with E-state index in [1.54, 1.807) is 6.20 Å². The van der Waals surface area contributed by atoms with Crippen molar-refractivity contribution < 1.29 is 0 Å². The number of nitrogens with zero attached hydrogens (tertiary/aromatic N) is 3. The number of aryl methyl sites for hydroxylation is 2. The summed E-state index contributed by atoms with van der Waals surface area (Å²) in [6, 6.07) is 3.99. The van der Waals surface area contributed by atoms with Crippen molar-refractivity contribution in [2.24, 2.45) is 5.73 Å². The normalized spacial score (nSPS) is 12.6. The van der Waals surface area contributed by atoms with Crippen LogP contribution in [0.2, 0.25) is 5.02 Å². The Morgan fingerprint density at radius 1 is 1.35 bits per heavy atom. The number of hydrogen-bond acceptors (Lipinski definition) is 3. The topological polar surface area (TPSA) is 56.7 Å². The van der Waals surface area contributed by atoms with Gasteiger partial charge < -0.3 is 5.73 Å². The van der Waals surface area contributed by atoms with Crippen molar-refractivity contribution in [3.05, 3.63) is 46.5 Å². The fourth-order valence-corrected chi connectivity index (χ4v) is 2.70. The molecule has 0 saturated heterocycles. The molecule has 2 N–H and O–H groups in total. The van der Waals surface area contributed by atoms with Crippen LogP contribution < -0.4 is 5.73 Å². The van der Waals surface area contributed by atoms with Crippen molar-refractivity contribution in [1.82, 2.24) is 14.8 Å². The van der Waals surface area contributed by atoms with E-state index < -0.39 is 0 Å². The van der Waals surface area contributed by atoms with E-state index >= 15 is 0 Å². The molecular formula is C15H21ClN4. The van der Waals surface area contributed by atoms with Gasteiger partial charge in [0.15, 0.2) is 0 Å². The lowest BCUT2D eigenvalue weighted by atomic mass is 10.0. The first-order valence-electron chi connectivity index (χ1n) is 7.04. The van der Waals surface area contributed by atoms with Crippen molar-refractivity contribution in [3.8, 4) is 0 Å². The molecule has 0 aliphatic rings. The van der Waals surface area contributed by atoms with E-state index in [1.165, 1.54) is 0 Å². The van der Waals surface area contributed by atoms with Crippen LogP contribution in [0, 0.1) is 0 Å². The molecule has 0 radical (unpaired) electrons. The van der Waals surface area contributed by atoms with Crippen LogP contribution in [0.3, 0.4) is 0 Å². The average Bonchev–Trinajstić information content (AvgIpc) is 2.76. The summed E-state index contributed by atoms with van der Waals surface area (Å²) in [4.78, 5) is 4.11. The fourth-order valence-electron chi connectivity index (χ4n) is 2.35. The molecule has 108 valence electrons. The summed E-state index contributed by atoms with van der Waals surface area (Å²) in [5.41, 5.74) is 9.40. The van der Waals surface area contributed by atoms with Gasteiger partial charge >= 0.3 is 0 Å². The maximum Gasteiger partial charge on any atom is 0.0850 e. The number of pyridine rings is 1. The van der Waals surface area contributed by atoms with Crippen LogP contribution in [0.25, 0.3) is 0 Å². The van der Waals surface area contributed by atoms with Gasteiger partial charge in [-0.15, -0.1) is 0 Å². The maximum absolute atomic E-state index is 6.40. The molecule has 0 fully saturated rings. The summed E-state index contributed by atoms with van der Waals surface area (Å²) in [5.74, 6) is 0. The van der Waals surface area contributed by atoms with Crippen LogP contribution >= 0.6 is 11.6 Å². The first kappa shape index (κ1) is 15.0. The molecule has 20 heavy (non-hydrogen) atoms. The van der Waals surface area contributed by atoms with Crippen molar-refractivity contribution in [2.75, 3.05) is 0 Å². The lowest BCUT2D eigenvalue weighted by Gasteiger charge is -2.13. The molecule has 0 aliphatic heterocycles. The standard InChI is InChI=1S/C15H21ClN4/c1-3-13-15(16)14(20(4-2)19-13)9-12(17)8-11-6-5-7-18-10-11/h5-7,10,12H,3-4,8-9,17H2,1-2H3. The third-order valence-electron chi connectivity index (χ3n) is 3.37. The van der Waals surface area contributed by atoms with Gasteiger partial charge in [-0.25, -0.2) is 0 Å². The van der Waals surface area contributed by atoms with Crippen LogP contribution in [0.1, 0.15) is 30.8 Å². The molecule has 0 aromatic carbocycles. The van der Waals surface area contributed by atoms with Crippen LogP contribution in [0.4, 0.5) is 0 Å². The molecule has 0 saturated carbocycles. The van der Waals surface area contributed by atoms with Crippen LogP contribution in [0.5, 0.6) is 0 Å². The Kier molecular flexibility index (Phi) is 5.15. The summed E-state index contributed by atoms with van der Waals surface area (Å²) in [5, 5.41) is 5.30. The highest BCUT2D eigenvalue weighted by molar-refractivity contribution is 6.31. The summed E-state index contributed by atoms with van der Waals surface area (Å²) < 4.78 is 1.96. The average molecular weight is 293 g/mol. The van der Waals surface area contributed by atoms with Gasteiger partial charge in [0.05, 0.1) is 16.4 Å². The zero-order chi connectivity index (χ0) is 14.5. The summed E-state index contributed by atoms with van der Waals surface area (Å²) in [6.45, 7) is 4.95. The highest BCUT2D eigenvalue weighted by atomic mass is 35.5. The van der Waals surface area contributed by atoms with Crippen LogP contribution in [-0.4, -0.2) is 20.8 Å². The third kappa shape index (κ3) is 3.38. The van der Waals surface area contributed by atoms with E-state index in [2.05, 4.69) is 23.9 Å². The van der Waals surface area contributed by atoms with Gasteiger partial charge in [-0.2, -0.15) is 5.10 Å². The van der Waals surface area contributed by atoms with Gasteiger partial charge in [-0.3, -0.25) is 9.67 Å². The molecule has 1 unspecified atom stereocenters. The number of rotatable bonds is 6. The monoisotopic (exact) mass is 292 g/mol. The molecule has 5 heteroatoms. The largest absolute Gasteiger partial charge is 0.327 e. The van der Waals surface area contributed by atoms with Crippen LogP contribution in [-0.2, 0) is 25.8 Å². The van der Waals surface area contributed by atoms with Crippen LogP contribution in [0.15, 0.2) is 24.5 Å². The Morgan fingerprint density at radius 3 is 2.75 bits per heavy atom. The molecule has 1 atom stereocenters. The van der Waals surface area contributed by atoms with Crippen molar-refractivity contribution in [2.45, 2.75) is 45.7 Å².